The molecule has 176 valence electrons. The van der Waals surface area contributed by atoms with Crippen LogP contribution in [-0.2, 0) is 5.41 Å². The third-order valence-corrected chi connectivity index (χ3v) is 7.48. The van der Waals surface area contributed by atoms with Crippen molar-refractivity contribution in [3.05, 3.63) is 87.2 Å². The highest BCUT2D eigenvalue weighted by atomic mass is 35.5. The molecule has 0 atom stereocenters. The van der Waals surface area contributed by atoms with Crippen molar-refractivity contribution in [1.82, 2.24) is 15.1 Å². The van der Waals surface area contributed by atoms with Crippen molar-refractivity contribution >= 4 is 17.5 Å². The molecule has 3 N–H and O–H groups in total. The zero-order chi connectivity index (χ0) is 23.7. The summed E-state index contributed by atoms with van der Waals surface area (Å²) in [5.74, 6) is -0.313. The van der Waals surface area contributed by atoms with Crippen molar-refractivity contribution in [3.63, 3.8) is 0 Å². The van der Waals surface area contributed by atoms with Crippen molar-refractivity contribution < 1.29 is 4.79 Å². The van der Waals surface area contributed by atoms with Crippen LogP contribution in [0.2, 0.25) is 5.02 Å². The van der Waals surface area contributed by atoms with E-state index in [1.165, 1.54) is 0 Å². The summed E-state index contributed by atoms with van der Waals surface area (Å²) in [4.78, 5) is 26.4. The van der Waals surface area contributed by atoms with Gasteiger partial charge >= 0.3 is 0 Å². The maximum atomic E-state index is 13.4. The highest BCUT2D eigenvalue weighted by Gasteiger charge is 2.37. The van der Waals surface area contributed by atoms with Crippen molar-refractivity contribution in [2.24, 2.45) is 5.73 Å². The Balaban J connectivity index is 1.48. The molecule has 3 aromatic rings. The zero-order valence-electron chi connectivity index (χ0n) is 19.0. The van der Waals surface area contributed by atoms with Crippen LogP contribution in [0, 0.1) is 0 Å². The number of hydrogen-bond acceptors (Lipinski definition) is 4. The van der Waals surface area contributed by atoms with Gasteiger partial charge in [-0.3, -0.25) is 9.59 Å². The predicted molar refractivity (Wildman–Crippen MR) is 134 cm³/mol. The van der Waals surface area contributed by atoms with E-state index in [4.69, 9.17) is 22.4 Å². The minimum Gasteiger partial charge on any atom is -0.349 e. The molecule has 2 aliphatic carbocycles. The van der Waals surface area contributed by atoms with Gasteiger partial charge in [-0.25, -0.2) is 4.68 Å². The summed E-state index contributed by atoms with van der Waals surface area (Å²) in [5.41, 5.74) is 8.58. The molecule has 2 aliphatic rings. The van der Waals surface area contributed by atoms with E-state index >= 15 is 0 Å². The molecule has 0 unspecified atom stereocenters. The first-order valence-corrected chi connectivity index (χ1v) is 12.3. The Morgan fingerprint density at radius 2 is 1.79 bits per heavy atom. The van der Waals surface area contributed by atoms with Crippen LogP contribution in [0.5, 0.6) is 0 Å². The second-order valence-corrected chi connectivity index (χ2v) is 9.97. The summed E-state index contributed by atoms with van der Waals surface area (Å²) in [6.45, 7) is 0.515. The first-order chi connectivity index (χ1) is 16.5. The van der Waals surface area contributed by atoms with Gasteiger partial charge in [-0.15, -0.1) is 0 Å². The van der Waals surface area contributed by atoms with Gasteiger partial charge in [-0.1, -0.05) is 54.1 Å². The summed E-state index contributed by atoms with van der Waals surface area (Å²) in [7, 11) is 0. The summed E-state index contributed by atoms with van der Waals surface area (Å²) in [6.07, 6.45) is 5.06. The molecule has 1 amide bonds. The first-order valence-electron chi connectivity index (χ1n) is 12.0. The summed E-state index contributed by atoms with van der Waals surface area (Å²) in [6, 6.07) is 19.3. The fourth-order valence-electron chi connectivity index (χ4n) is 4.99. The molecule has 5 rings (SSSR count). The molecule has 0 aliphatic heterocycles. The number of hydrogen-bond donors (Lipinski definition) is 2. The van der Waals surface area contributed by atoms with Gasteiger partial charge in [0.15, 0.2) is 0 Å². The minimum atomic E-state index is -0.328. The number of carbonyl (C=O) groups excluding carboxylic acids is 1. The number of nitrogens with two attached hydrogens (primary N) is 1. The third kappa shape index (κ3) is 4.52. The number of nitrogens with zero attached hydrogens (tertiary/aromatic N) is 2. The van der Waals surface area contributed by atoms with Crippen LogP contribution in [0.15, 0.2) is 65.5 Å². The standard InChI is InChI=1S/C27H29ClN4O2/c28-20-8-4-7-19(15-20)27(17-29)13-11-22(12-14-27)32-26(34)23(25(33)30-21-9-10-21)16-24(31-32)18-5-2-1-3-6-18/h1-8,15-16,21-22H,9-14,17,29H2,(H,30,33)/t22-,27-. The van der Waals surface area contributed by atoms with E-state index in [1.54, 1.807) is 10.7 Å². The molecule has 7 heteroatoms. The molecule has 0 spiro atoms. The second kappa shape index (κ2) is 9.35. The van der Waals surface area contributed by atoms with E-state index in [0.29, 0.717) is 17.3 Å². The van der Waals surface area contributed by atoms with Crippen LogP contribution in [0.4, 0.5) is 0 Å². The zero-order valence-corrected chi connectivity index (χ0v) is 19.8. The molecule has 0 radical (unpaired) electrons. The van der Waals surface area contributed by atoms with Crippen LogP contribution in [0.25, 0.3) is 11.3 Å². The SMILES string of the molecule is NC[C@]1(c2cccc(Cl)c2)CC[C@H](n2nc(-c3ccccc3)cc(C(=O)NC3CC3)c2=O)CC1. The lowest BCUT2D eigenvalue weighted by Crippen LogP contribution is -2.42. The lowest BCUT2D eigenvalue weighted by Gasteiger charge is -2.40. The van der Waals surface area contributed by atoms with Crippen molar-refractivity contribution in [3.8, 4) is 11.3 Å². The number of nitrogens with one attached hydrogen (secondary N) is 1. The molecule has 6 nitrogen and oxygen atoms in total. The number of aromatic nitrogens is 2. The van der Waals surface area contributed by atoms with E-state index in [2.05, 4.69) is 11.4 Å². The summed E-state index contributed by atoms with van der Waals surface area (Å²) < 4.78 is 1.54. The van der Waals surface area contributed by atoms with E-state index in [0.717, 1.165) is 49.7 Å². The molecule has 1 aromatic heterocycles. The van der Waals surface area contributed by atoms with Crippen LogP contribution in [0.3, 0.4) is 0 Å². The lowest BCUT2D eigenvalue weighted by molar-refractivity contribution is 0.0947. The lowest BCUT2D eigenvalue weighted by atomic mass is 9.68. The average molecular weight is 477 g/mol. The molecule has 0 saturated heterocycles. The molecule has 34 heavy (non-hydrogen) atoms. The van der Waals surface area contributed by atoms with Gasteiger partial charge in [-0.05, 0) is 62.3 Å². The van der Waals surface area contributed by atoms with Crippen LogP contribution >= 0.6 is 11.6 Å². The molecule has 0 bridgehead atoms. The Hall–Kier alpha value is -2.96. The monoisotopic (exact) mass is 476 g/mol. The van der Waals surface area contributed by atoms with Crippen LogP contribution in [0.1, 0.15) is 60.5 Å². The third-order valence-electron chi connectivity index (χ3n) is 7.25. The topological polar surface area (TPSA) is 90.0 Å². The predicted octanol–water partition coefficient (Wildman–Crippen LogP) is 4.47. The van der Waals surface area contributed by atoms with E-state index < -0.39 is 0 Å². The van der Waals surface area contributed by atoms with Crippen LogP contribution in [-0.4, -0.2) is 28.3 Å². The van der Waals surface area contributed by atoms with Crippen molar-refractivity contribution in [1.29, 1.82) is 0 Å². The fourth-order valence-corrected chi connectivity index (χ4v) is 5.18. The Morgan fingerprint density at radius 1 is 1.06 bits per heavy atom. The molecule has 2 aromatic carbocycles. The maximum absolute atomic E-state index is 13.4. The molecular weight excluding hydrogens is 448 g/mol. The molecule has 2 saturated carbocycles. The second-order valence-electron chi connectivity index (χ2n) is 9.53. The van der Waals surface area contributed by atoms with Crippen LogP contribution < -0.4 is 16.6 Å². The largest absolute Gasteiger partial charge is 0.349 e. The van der Waals surface area contributed by atoms with Crippen molar-refractivity contribution in [2.45, 2.75) is 56.0 Å². The number of halogens is 1. The molecule has 2 fully saturated rings. The van der Waals surface area contributed by atoms with E-state index in [-0.39, 0.29) is 34.5 Å². The summed E-state index contributed by atoms with van der Waals surface area (Å²) in [5, 5.41) is 8.40. The molecular formula is C27H29ClN4O2. The Labute approximate surface area is 204 Å². The van der Waals surface area contributed by atoms with Gasteiger partial charge in [-0.2, -0.15) is 5.10 Å². The van der Waals surface area contributed by atoms with Gasteiger partial charge in [0, 0.05) is 28.6 Å². The van der Waals surface area contributed by atoms with E-state index in [9.17, 15) is 9.59 Å². The Kier molecular flexibility index (Phi) is 6.28. The van der Waals surface area contributed by atoms with Gasteiger partial charge in [0.05, 0.1) is 11.7 Å². The maximum Gasteiger partial charge on any atom is 0.279 e. The van der Waals surface area contributed by atoms with Gasteiger partial charge in [0.2, 0.25) is 0 Å². The Morgan fingerprint density at radius 3 is 2.44 bits per heavy atom. The quantitative estimate of drug-likeness (QED) is 0.549. The van der Waals surface area contributed by atoms with E-state index in [1.807, 2.05) is 48.5 Å². The summed E-state index contributed by atoms with van der Waals surface area (Å²) >= 11 is 6.26. The first kappa shape index (κ1) is 22.8. The fraction of sp³-hybridized carbons (Fsp3) is 0.370. The van der Waals surface area contributed by atoms with Gasteiger partial charge in [0.25, 0.3) is 11.5 Å². The molecule has 1 heterocycles. The minimum absolute atomic E-state index is 0.0949. The average Bonchev–Trinajstić information content (AvgIpc) is 3.69. The smallest absolute Gasteiger partial charge is 0.279 e. The Bertz CT molecular complexity index is 1240. The van der Waals surface area contributed by atoms with Gasteiger partial charge < -0.3 is 11.1 Å². The highest BCUT2D eigenvalue weighted by Crippen LogP contribution is 2.42. The number of amides is 1. The van der Waals surface area contributed by atoms with Crippen molar-refractivity contribution in [2.75, 3.05) is 6.54 Å². The number of carbonyl (C=O) groups is 1. The number of rotatable bonds is 6. The number of benzene rings is 2. The van der Waals surface area contributed by atoms with Gasteiger partial charge in [0.1, 0.15) is 5.56 Å². The highest BCUT2D eigenvalue weighted by molar-refractivity contribution is 6.30. The normalized spacial score (nSPS) is 22.4.